The van der Waals surface area contributed by atoms with Crippen molar-refractivity contribution < 1.29 is 0 Å². The third-order valence-electron chi connectivity index (χ3n) is 4.35. The molecule has 3 aromatic carbocycles. The molecule has 0 N–H and O–H groups in total. The number of rotatable bonds is 0. The van der Waals surface area contributed by atoms with Crippen LogP contribution in [0.15, 0.2) is 60.8 Å². The van der Waals surface area contributed by atoms with E-state index in [2.05, 4.69) is 66.5 Å². The fourth-order valence-electron chi connectivity index (χ4n) is 3.30. The molecule has 0 unspecified atom stereocenters. The van der Waals surface area contributed by atoms with Gasteiger partial charge in [-0.3, -0.25) is 4.98 Å². The summed E-state index contributed by atoms with van der Waals surface area (Å²) in [5.41, 5.74) is 2.35. The van der Waals surface area contributed by atoms with Gasteiger partial charge >= 0.3 is 0 Å². The zero-order valence-corrected chi connectivity index (χ0v) is 12.9. The number of thiophene rings is 1. The maximum atomic E-state index is 4.64. The van der Waals surface area contributed by atoms with Gasteiger partial charge in [0.2, 0.25) is 0 Å². The molecule has 104 valence electrons. The fourth-order valence-corrected chi connectivity index (χ4v) is 4.53. The van der Waals surface area contributed by atoms with Gasteiger partial charge in [-0.15, -0.1) is 11.3 Å². The van der Waals surface area contributed by atoms with Crippen LogP contribution in [-0.2, 0) is 0 Å². The Bertz CT molecular complexity index is 1180. The monoisotopic (exact) mass is 299 g/mol. The van der Waals surface area contributed by atoms with Crippen LogP contribution in [0.3, 0.4) is 0 Å². The normalized spacial score (nSPS) is 11.9. The van der Waals surface area contributed by atoms with Crippen LogP contribution in [0, 0.1) is 6.92 Å². The van der Waals surface area contributed by atoms with Gasteiger partial charge in [-0.1, -0.05) is 48.0 Å². The van der Waals surface area contributed by atoms with Gasteiger partial charge in [0.05, 0.1) is 10.2 Å². The van der Waals surface area contributed by atoms with Gasteiger partial charge in [0.15, 0.2) is 0 Å². The van der Waals surface area contributed by atoms with Crippen molar-refractivity contribution in [2.24, 2.45) is 0 Å². The predicted octanol–water partition coefficient (Wildman–Crippen LogP) is 6.06. The molecule has 0 saturated carbocycles. The highest BCUT2D eigenvalue weighted by Crippen LogP contribution is 2.40. The van der Waals surface area contributed by atoms with Gasteiger partial charge in [0, 0.05) is 27.1 Å². The van der Waals surface area contributed by atoms with E-state index in [1.54, 1.807) is 0 Å². The van der Waals surface area contributed by atoms with Crippen molar-refractivity contribution in [2.75, 3.05) is 0 Å². The molecule has 0 aliphatic heterocycles. The zero-order chi connectivity index (χ0) is 14.7. The maximum absolute atomic E-state index is 4.64. The lowest BCUT2D eigenvalue weighted by Gasteiger charge is -2.02. The molecule has 0 spiro atoms. The van der Waals surface area contributed by atoms with Crippen molar-refractivity contribution in [2.45, 2.75) is 6.92 Å². The van der Waals surface area contributed by atoms with Crippen molar-refractivity contribution >= 4 is 53.2 Å². The number of aryl methyl sites for hydroxylation is 1. The number of pyridine rings is 1. The number of hydrogen-bond donors (Lipinski definition) is 0. The molecule has 0 bridgehead atoms. The Morgan fingerprint density at radius 2 is 1.77 bits per heavy atom. The van der Waals surface area contributed by atoms with Crippen molar-refractivity contribution in [1.29, 1.82) is 0 Å². The molecule has 2 aromatic heterocycles. The average Bonchev–Trinajstić information content (AvgIpc) is 2.94. The van der Waals surface area contributed by atoms with Crippen LogP contribution in [0.1, 0.15) is 5.56 Å². The number of benzene rings is 3. The summed E-state index contributed by atoms with van der Waals surface area (Å²) in [5.74, 6) is 0. The summed E-state index contributed by atoms with van der Waals surface area (Å²) in [7, 11) is 0. The topological polar surface area (TPSA) is 12.9 Å². The van der Waals surface area contributed by atoms with E-state index in [0.717, 1.165) is 5.52 Å². The van der Waals surface area contributed by atoms with Gasteiger partial charge in [0.25, 0.3) is 0 Å². The zero-order valence-electron chi connectivity index (χ0n) is 12.1. The van der Waals surface area contributed by atoms with Crippen LogP contribution in [0.4, 0.5) is 0 Å². The first-order valence-corrected chi connectivity index (χ1v) is 8.22. The molecule has 22 heavy (non-hydrogen) atoms. The Morgan fingerprint density at radius 3 is 2.73 bits per heavy atom. The molecule has 0 radical (unpaired) electrons. The summed E-state index contributed by atoms with van der Waals surface area (Å²) in [5, 5.41) is 6.59. The number of fused-ring (bicyclic) bond motifs is 7. The van der Waals surface area contributed by atoms with Crippen molar-refractivity contribution in [3.63, 3.8) is 0 Å². The van der Waals surface area contributed by atoms with Gasteiger partial charge in [-0.05, 0) is 29.8 Å². The minimum absolute atomic E-state index is 1.07. The highest BCUT2D eigenvalue weighted by molar-refractivity contribution is 7.26. The third kappa shape index (κ3) is 1.56. The van der Waals surface area contributed by atoms with Crippen LogP contribution in [0.5, 0.6) is 0 Å². The maximum Gasteiger partial charge on any atom is 0.0709 e. The van der Waals surface area contributed by atoms with E-state index in [0.29, 0.717) is 0 Å². The molecule has 5 rings (SSSR count). The standard InChI is InChI=1S/C20H13NS/c1-12-6-9-17-16(10-12)19-15-8-7-13-4-2-3-5-14(13)20(15)22-18(19)11-21-17/h2-11H,1H3. The van der Waals surface area contributed by atoms with E-state index >= 15 is 0 Å². The van der Waals surface area contributed by atoms with E-state index in [-0.39, 0.29) is 0 Å². The second-order valence-electron chi connectivity index (χ2n) is 5.78. The van der Waals surface area contributed by atoms with E-state index < -0.39 is 0 Å². The second-order valence-corrected chi connectivity index (χ2v) is 6.84. The van der Waals surface area contributed by atoms with Gasteiger partial charge in [-0.2, -0.15) is 0 Å². The Labute approximate surface area is 131 Å². The first-order chi connectivity index (χ1) is 10.8. The van der Waals surface area contributed by atoms with Crippen LogP contribution < -0.4 is 0 Å². The average molecular weight is 299 g/mol. The first-order valence-electron chi connectivity index (χ1n) is 7.40. The number of aromatic nitrogens is 1. The van der Waals surface area contributed by atoms with Crippen molar-refractivity contribution in [1.82, 2.24) is 4.98 Å². The molecule has 2 heterocycles. The van der Waals surface area contributed by atoms with Crippen LogP contribution in [0.25, 0.3) is 41.8 Å². The van der Waals surface area contributed by atoms with E-state index in [4.69, 9.17) is 0 Å². The smallest absolute Gasteiger partial charge is 0.0709 e. The lowest BCUT2D eigenvalue weighted by Crippen LogP contribution is -1.81. The van der Waals surface area contributed by atoms with E-state index in [9.17, 15) is 0 Å². The summed E-state index contributed by atoms with van der Waals surface area (Å²) >= 11 is 1.85. The molecule has 0 aliphatic rings. The summed E-state index contributed by atoms with van der Waals surface area (Å²) in [6.45, 7) is 2.14. The molecule has 0 atom stereocenters. The van der Waals surface area contributed by atoms with E-state index in [1.807, 2.05) is 17.5 Å². The number of hydrogen-bond acceptors (Lipinski definition) is 2. The summed E-state index contributed by atoms with van der Waals surface area (Å²) in [6.07, 6.45) is 2.02. The molecule has 0 fully saturated rings. The third-order valence-corrected chi connectivity index (χ3v) is 5.52. The van der Waals surface area contributed by atoms with Crippen molar-refractivity contribution in [3.05, 3.63) is 66.4 Å². The van der Waals surface area contributed by atoms with Crippen molar-refractivity contribution in [3.8, 4) is 0 Å². The quantitative estimate of drug-likeness (QED) is 0.338. The Hall–Kier alpha value is -2.45. The predicted molar refractivity (Wildman–Crippen MR) is 96.9 cm³/mol. The minimum Gasteiger partial charge on any atom is -0.255 e. The Kier molecular flexibility index (Phi) is 2.36. The van der Waals surface area contributed by atoms with Gasteiger partial charge < -0.3 is 0 Å². The van der Waals surface area contributed by atoms with Gasteiger partial charge in [-0.25, -0.2) is 0 Å². The Morgan fingerprint density at radius 1 is 0.864 bits per heavy atom. The lowest BCUT2D eigenvalue weighted by atomic mass is 10.0. The molecule has 5 aromatic rings. The molecular formula is C20H13NS. The fraction of sp³-hybridized carbons (Fsp3) is 0.0500. The first kappa shape index (κ1) is 12.1. The van der Waals surface area contributed by atoms with E-state index in [1.165, 1.54) is 41.9 Å². The lowest BCUT2D eigenvalue weighted by molar-refractivity contribution is 1.43. The number of nitrogens with zero attached hydrogens (tertiary/aromatic N) is 1. The summed E-state index contributed by atoms with van der Waals surface area (Å²) in [4.78, 5) is 4.64. The highest BCUT2D eigenvalue weighted by Gasteiger charge is 2.11. The SMILES string of the molecule is Cc1ccc2ncc3sc4c5ccccc5ccc4c3c2c1. The Balaban J connectivity index is 2.09. The molecule has 1 nitrogen and oxygen atoms in total. The molecule has 2 heteroatoms. The molecule has 0 aliphatic carbocycles. The summed E-state index contributed by atoms with van der Waals surface area (Å²) in [6, 6.07) is 19.6. The van der Waals surface area contributed by atoms with Crippen LogP contribution in [-0.4, -0.2) is 4.98 Å². The minimum atomic E-state index is 1.07. The molecular weight excluding hydrogens is 286 g/mol. The second kappa shape index (κ2) is 4.28. The summed E-state index contributed by atoms with van der Waals surface area (Å²) < 4.78 is 2.63. The van der Waals surface area contributed by atoms with Gasteiger partial charge in [0.1, 0.15) is 0 Å². The molecule has 0 amide bonds. The van der Waals surface area contributed by atoms with Crippen LogP contribution >= 0.6 is 11.3 Å². The van der Waals surface area contributed by atoms with Crippen LogP contribution in [0.2, 0.25) is 0 Å². The largest absolute Gasteiger partial charge is 0.255 e. The molecule has 0 saturated heterocycles. The highest BCUT2D eigenvalue weighted by atomic mass is 32.1.